The molecule has 4 heteroatoms. The fourth-order valence-electron chi connectivity index (χ4n) is 9.05. The molecule has 0 amide bonds. The van der Waals surface area contributed by atoms with Crippen LogP contribution in [0.15, 0.2) is 218 Å². The van der Waals surface area contributed by atoms with E-state index in [0.29, 0.717) is 17.5 Å². The molecule has 61 heavy (non-hydrogen) atoms. The Kier molecular flexibility index (Phi) is 8.13. The zero-order valence-electron chi connectivity index (χ0n) is 33.1. The number of rotatable bonds is 6. The number of benzene rings is 10. The third-order valence-electron chi connectivity index (χ3n) is 12.1. The molecule has 10 aromatic carbocycles. The van der Waals surface area contributed by atoms with Gasteiger partial charge in [-0.2, -0.15) is 0 Å². The van der Waals surface area contributed by atoms with Crippen LogP contribution in [0.4, 0.5) is 0 Å². The van der Waals surface area contributed by atoms with Crippen molar-refractivity contribution in [2.45, 2.75) is 0 Å². The van der Waals surface area contributed by atoms with Crippen LogP contribution in [0.1, 0.15) is 0 Å². The van der Waals surface area contributed by atoms with E-state index in [9.17, 15) is 0 Å². The van der Waals surface area contributed by atoms with Crippen LogP contribution >= 0.6 is 0 Å². The van der Waals surface area contributed by atoms with Gasteiger partial charge in [0.25, 0.3) is 0 Å². The van der Waals surface area contributed by atoms with E-state index in [1.165, 1.54) is 59.7 Å². The second-order valence-corrected chi connectivity index (χ2v) is 15.6. The summed E-state index contributed by atoms with van der Waals surface area (Å²) >= 11 is 0. The second-order valence-electron chi connectivity index (χ2n) is 15.6. The SMILES string of the molecule is c1ccc(-c2ccc(-c3nc(-c4ccc(-c5ccccc5)cc4)nc(-c4ccc(-n5c6ccccc6c6cc7c8ccccc8c8ccccc8c7cc65)cc4)n3)cc2)cc1. The quantitative estimate of drug-likeness (QED) is 0.158. The monoisotopic (exact) mass is 776 g/mol. The second kappa shape index (κ2) is 14.3. The van der Waals surface area contributed by atoms with Crippen molar-refractivity contribution in [3.63, 3.8) is 0 Å². The minimum Gasteiger partial charge on any atom is -0.309 e. The summed E-state index contributed by atoms with van der Waals surface area (Å²) in [6.07, 6.45) is 0. The number of nitrogens with zero attached hydrogens (tertiary/aromatic N) is 4. The summed E-state index contributed by atoms with van der Waals surface area (Å²) in [5.41, 5.74) is 10.8. The summed E-state index contributed by atoms with van der Waals surface area (Å²) in [4.78, 5) is 15.3. The summed E-state index contributed by atoms with van der Waals surface area (Å²) in [5.74, 6) is 1.88. The Morgan fingerprint density at radius 1 is 0.230 bits per heavy atom. The molecule has 0 atom stereocenters. The first-order valence-corrected chi connectivity index (χ1v) is 20.7. The van der Waals surface area contributed by atoms with E-state index in [-0.39, 0.29) is 0 Å². The molecular formula is C57H36N4. The molecule has 0 aliphatic heterocycles. The highest BCUT2D eigenvalue weighted by atomic mass is 15.0. The molecule has 284 valence electrons. The molecule has 0 radical (unpaired) electrons. The first-order chi connectivity index (χ1) is 30.2. The van der Waals surface area contributed by atoms with Crippen molar-refractivity contribution in [2.24, 2.45) is 0 Å². The highest BCUT2D eigenvalue weighted by Crippen LogP contribution is 2.41. The van der Waals surface area contributed by atoms with Crippen molar-refractivity contribution in [1.82, 2.24) is 19.5 Å². The van der Waals surface area contributed by atoms with Gasteiger partial charge in [-0.3, -0.25) is 0 Å². The van der Waals surface area contributed by atoms with Crippen LogP contribution in [0.5, 0.6) is 0 Å². The molecule has 2 heterocycles. The fraction of sp³-hybridized carbons (Fsp3) is 0. The predicted molar refractivity (Wildman–Crippen MR) is 254 cm³/mol. The van der Waals surface area contributed by atoms with Gasteiger partial charge >= 0.3 is 0 Å². The largest absolute Gasteiger partial charge is 0.309 e. The lowest BCUT2D eigenvalue weighted by molar-refractivity contribution is 1.07. The standard InChI is InChI=1S/C57H36N4/c1-3-13-37(14-4-1)39-23-27-41(28-24-39)55-58-56(42-29-25-40(26-30-42)38-15-5-2-6-16-38)60-57(59-55)43-31-33-44(34-32-43)61-53-22-12-11-21-49(53)52-35-50-47-19-9-7-17-45(47)46-18-8-10-20-48(46)51(50)36-54(52)61/h1-36H. The molecule has 0 unspecified atom stereocenters. The molecule has 0 aliphatic rings. The van der Waals surface area contributed by atoms with Gasteiger partial charge in [0.15, 0.2) is 17.5 Å². The highest BCUT2D eigenvalue weighted by molar-refractivity contribution is 6.28. The number of aromatic nitrogens is 4. The molecule has 12 aromatic rings. The van der Waals surface area contributed by atoms with Gasteiger partial charge in [0.05, 0.1) is 11.0 Å². The Morgan fingerprint density at radius 2 is 0.574 bits per heavy atom. The van der Waals surface area contributed by atoms with Gasteiger partial charge in [0, 0.05) is 33.2 Å². The average Bonchev–Trinajstić information content (AvgIpc) is 3.67. The van der Waals surface area contributed by atoms with E-state index in [1.54, 1.807) is 0 Å². The van der Waals surface area contributed by atoms with E-state index in [4.69, 9.17) is 15.0 Å². The third-order valence-corrected chi connectivity index (χ3v) is 12.1. The van der Waals surface area contributed by atoms with Crippen molar-refractivity contribution in [3.8, 4) is 62.1 Å². The molecule has 0 bridgehead atoms. The number of hydrogen-bond acceptors (Lipinski definition) is 3. The number of fused-ring (bicyclic) bond motifs is 9. The average molecular weight is 777 g/mol. The van der Waals surface area contributed by atoms with Crippen molar-refractivity contribution in [2.75, 3.05) is 0 Å². The van der Waals surface area contributed by atoms with Gasteiger partial charge in [0.1, 0.15) is 0 Å². The zero-order valence-corrected chi connectivity index (χ0v) is 33.1. The smallest absolute Gasteiger partial charge is 0.164 e. The molecule has 0 saturated carbocycles. The Labute approximate surface area is 352 Å². The Hall–Kier alpha value is -8.21. The minimum atomic E-state index is 0.623. The molecule has 0 saturated heterocycles. The lowest BCUT2D eigenvalue weighted by Crippen LogP contribution is -2.00. The molecule has 4 nitrogen and oxygen atoms in total. The van der Waals surface area contributed by atoms with Crippen LogP contribution in [0, 0.1) is 0 Å². The molecule has 0 spiro atoms. The summed E-state index contributed by atoms with van der Waals surface area (Å²) in [5, 5.41) is 10.1. The van der Waals surface area contributed by atoms with Crippen molar-refractivity contribution >= 4 is 54.1 Å². The summed E-state index contributed by atoms with van der Waals surface area (Å²) in [6, 6.07) is 77.5. The zero-order chi connectivity index (χ0) is 40.3. The third kappa shape index (κ3) is 5.96. The predicted octanol–water partition coefficient (Wildman–Crippen LogP) is 14.8. The van der Waals surface area contributed by atoms with Gasteiger partial charge < -0.3 is 4.57 Å². The van der Waals surface area contributed by atoms with Gasteiger partial charge in [-0.05, 0) is 97.0 Å². The number of para-hydroxylation sites is 1. The van der Waals surface area contributed by atoms with E-state index >= 15 is 0 Å². The molecule has 12 rings (SSSR count). The first-order valence-electron chi connectivity index (χ1n) is 20.7. The van der Waals surface area contributed by atoms with E-state index in [2.05, 4.69) is 211 Å². The van der Waals surface area contributed by atoms with Crippen LogP contribution in [0.2, 0.25) is 0 Å². The van der Waals surface area contributed by atoms with Gasteiger partial charge in [-0.1, -0.05) is 176 Å². The Bertz CT molecular complexity index is 3490. The van der Waals surface area contributed by atoms with E-state index in [0.717, 1.165) is 39.0 Å². The summed E-state index contributed by atoms with van der Waals surface area (Å²) in [6.45, 7) is 0. The Morgan fingerprint density at radius 3 is 1.05 bits per heavy atom. The van der Waals surface area contributed by atoms with E-state index < -0.39 is 0 Å². The molecular weight excluding hydrogens is 741 g/mol. The number of hydrogen-bond donors (Lipinski definition) is 0. The highest BCUT2D eigenvalue weighted by Gasteiger charge is 2.18. The fourth-order valence-corrected chi connectivity index (χ4v) is 9.05. The summed E-state index contributed by atoms with van der Waals surface area (Å²) < 4.78 is 2.39. The lowest BCUT2D eigenvalue weighted by Gasteiger charge is -2.13. The van der Waals surface area contributed by atoms with Crippen LogP contribution in [-0.2, 0) is 0 Å². The van der Waals surface area contributed by atoms with Crippen LogP contribution in [0.3, 0.4) is 0 Å². The van der Waals surface area contributed by atoms with Crippen molar-refractivity contribution < 1.29 is 0 Å². The lowest BCUT2D eigenvalue weighted by atomic mass is 9.93. The minimum absolute atomic E-state index is 0.623. The Balaban J connectivity index is 0.992. The van der Waals surface area contributed by atoms with Gasteiger partial charge in [0.2, 0.25) is 0 Å². The maximum absolute atomic E-state index is 5.12. The molecule has 0 N–H and O–H groups in total. The van der Waals surface area contributed by atoms with Gasteiger partial charge in [-0.15, -0.1) is 0 Å². The van der Waals surface area contributed by atoms with Crippen LogP contribution < -0.4 is 0 Å². The first kappa shape index (κ1) is 34.8. The maximum Gasteiger partial charge on any atom is 0.164 e. The molecule has 0 fully saturated rings. The normalized spacial score (nSPS) is 11.6. The molecule has 2 aromatic heterocycles. The van der Waals surface area contributed by atoms with Gasteiger partial charge in [-0.25, -0.2) is 15.0 Å². The van der Waals surface area contributed by atoms with Crippen LogP contribution in [0.25, 0.3) is 116 Å². The topological polar surface area (TPSA) is 43.6 Å². The molecule has 0 aliphatic carbocycles. The summed E-state index contributed by atoms with van der Waals surface area (Å²) in [7, 11) is 0. The van der Waals surface area contributed by atoms with Crippen LogP contribution in [-0.4, -0.2) is 19.5 Å². The van der Waals surface area contributed by atoms with E-state index in [1.807, 2.05) is 12.1 Å². The maximum atomic E-state index is 5.12. The van der Waals surface area contributed by atoms with Crippen molar-refractivity contribution in [3.05, 3.63) is 218 Å². The van der Waals surface area contributed by atoms with Crippen molar-refractivity contribution in [1.29, 1.82) is 0 Å².